The molecular weight excluding hydrogens is 264 g/mol. The fourth-order valence-electron chi connectivity index (χ4n) is 3.19. The molecule has 5 nitrogen and oxygen atoms in total. The van der Waals surface area contributed by atoms with Gasteiger partial charge in [-0.05, 0) is 38.0 Å². The number of rotatable bonds is 2. The largest absolute Gasteiger partial charge is 0.397 e. The highest BCUT2D eigenvalue weighted by Crippen LogP contribution is 2.33. The predicted molar refractivity (Wildman–Crippen MR) is 86.7 cm³/mol. The van der Waals surface area contributed by atoms with Crippen molar-refractivity contribution in [2.75, 3.05) is 42.1 Å². The van der Waals surface area contributed by atoms with E-state index < -0.39 is 0 Å². The van der Waals surface area contributed by atoms with Crippen LogP contribution < -0.4 is 16.0 Å². The van der Waals surface area contributed by atoms with E-state index in [9.17, 15) is 4.79 Å². The van der Waals surface area contributed by atoms with Crippen LogP contribution in [0.5, 0.6) is 0 Å². The highest BCUT2D eigenvalue weighted by molar-refractivity contribution is 5.95. The van der Waals surface area contributed by atoms with E-state index in [1.165, 1.54) is 5.56 Å². The summed E-state index contributed by atoms with van der Waals surface area (Å²) >= 11 is 0. The molecule has 0 aromatic heterocycles. The summed E-state index contributed by atoms with van der Waals surface area (Å²) in [6.07, 6.45) is 1.37. The number of aryl methyl sites for hydroxylation is 1. The molecule has 3 rings (SSSR count). The van der Waals surface area contributed by atoms with E-state index >= 15 is 0 Å². The van der Waals surface area contributed by atoms with E-state index in [1.807, 2.05) is 6.07 Å². The molecular formula is C16H24N4O. The second-order valence-electron chi connectivity index (χ2n) is 6.23. The maximum absolute atomic E-state index is 11.5. The summed E-state index contributed by atoms with van der Waals surface area (Å²) in [5.41, 5.74) is 10.2. The Balaban J connectivity index is 1.79. The fourth-order valence-corrected chi connectivity index (χ4v) is 3.19. The third-order valence-corrected chi connectivity index (χ3v) is 4.53. The van der Waals surface area contributed by atoms with Crippen molar-refractivity contribution in [2.45, 2.75) is 32.7 Å². The molecule has 1 amide bonds. The lowest BCUT2D eigenvalue weighted by molar-refractivity contribution is -0.116. The van der Waals surface area contributed by atoms with Gasteiger partial charge in [-0.25, -0.2) is 0 Å². The molecule has 0 spiro atoms. The fraction of sp³-hybridized carbons (Fsp3) is 0.562. The Labute approximate surface area is 126 Å². The molecule has 114 valence electrons. The van der Waals surface area contributed by atoms with Crippen LogP contribution in [-0.4, -0.2) is 43.0 Å². The predicted octanol–water partition coefficient (Wildman–Crippen LogP) is 1.68. The molecule has 1 aromatic carbocycles. The van der Waals surface area contributed by atoms with Gasteiger partial charge in [0, 0.05) is 44.3 Å². The monoisotopic (exact) mass is 288 g/mol. The summed E-state index contributed by atoms with van der Waals surface area (Å²) in [7, 11) is 0. The highest BCUT2D eigenvalue weighted by Gasteiger charge is 2.23. The zero-order valence-electron chi connectivity index (χ0n) is 12.9. The smallest absolute Gasteiger partial charge is 0.224 e. The molecule has 0 unspecified atom stereocenters. The maximum Gasteiger partial charge on any atom is 0.224 e. The number of anilines is 3. The van der Waals surface area contributed by atoms with Crippen molar-refractivity contribution < 1.29 is 4.79 Å². The van der Waals surface area contributed by atoms with Gasteiger partial charge in [-0.15, -0.1) is 0 Å². The van der Waals surface area contributed by atoms with Crippen molar-refractivity contribution in [1.82, 2.24) is 4.90 Å². The van der Waals surface area contributed by atoms with Crippen LogP contribution in [0.2, 0.25) is 0 Å². The third-order valence-electron chi connectivity index (χ3n) is 4.53. The summed E-state index contributed by atoms with van der Waals surface area (Å²) in [6.45, 7) is 8.65. The van der Waals surface area contributed by atoms with Gasteiger partial charge in [0.05, 0.1) is 11.4 Å². The number of nitrogen functional groups attached to an aromatic ring is 1. The number of benzene rings is 1. The van der Waals surface area contributed by atoms with Gasteiger partial charge >= 0.3 is 0 Å². The number of nitrogens with zero attached hydrogens (tertiary/aromatic N) is 2. The SMILES string of the molecule is CC(C)N1CCN(c2cc3c(cc2N)NC(=O)CC3)CC1. The van der Waals surface area contributed by atoms with Gasteiger partial charge in [-0.1, -0.05) is 0 Å². The summed E-state index contributed by atoms with van der Waals surface area (Å²) in [5, 5.41) is 2.91. The Kier molecular flexibility index (Phi) is 3.76. The number of piperazine rings is 1. The average Bonchev–Trinajstić information content (AvgIpc) is 2.46. The van der Waals surface area contributed by atoms with E-state index in [0.717, 1.165) is 49.7 Å². The summed E-state index contributed by atoms with van der Waals surface area (Å²) in [6, 6.07) is 4.68. The molecule has 2 aliphatic heterocycles. The Hall–Kier alpha value is -1.75. The Morgan fingerprint density at radius 1 is 1.14 bits per heavy atom. The van der Waals surface area contributed by atoms with Crippen LogP contribution in [0, 0.1) is 0 Å². The molecule has 0 aliphatic carbocycles. The number of nitrogens with two attached hydrogens (primary N) is 1. The van der Waals surface area contributed by atoms with E-state index in [4.69, 9.17) is 5.73 Å². The number of nitrogens with one attached hydrogen (secondary N) is 1. The van der Waals surface area contributed by atoms with Crippen LogP contribution in [0.1, 0.15) is 25.8 Å². The average molecular weight is 288 g/mol. The Morgan fingerprint density at radius 3 is 2.52 bits per heavy atom. The van der Waals surface area contributed by atoms with Gasteiger partial charge in [0.1, 0.15) is 0 Å². The van der Waals surface area contributed by atoms with Crippen LogP contribution in [0.3, 0.4) is 0 Å². The second-order valence-corrected chi connectivity index (χ2v) is 6.23. The molecule has 2 aliphatic rings. The molecule has 0 saturated carbocycles. The van der Waals surface area contributed by atoms with Gasteiger partial charge in [0.25, 0.3) is 0 Å². The van der Waals surface area contributed by atoms with Crippen molar-refractivity contribution in [3.05, 3.63) is 17.7 Å². The molecule has 2 heterocycles. The number of hydrogen-bond donors (Lipinski definition) is 2. The second kappa shape index (κ2) is 5.56. The molecule has 3 N–H and O–H groups in total. The van der Waals surface area contributed by atoms with E-state index in [1.54, 1.807) is 0 Å². The van der Waals surface area contributed by atoms with Crippen LogP contribution in [0.4, 0.5) is 17.1 Å². The summed E-state index contributed by atoms with van der Waals surface area (Å²) in [5.74, 6) is 0.0835. The number of hydrogen-bond acceptors (Lipinski definition) is 4. The lowest BCUT2D eigenvalue weighted by Crippen LogP contribution is -2.49. The van der Waals surface area contributed by atoms with Gasteiger partial charge in [0.2, 0.25) is 5.91 Å². The van der Waals surface area contributed by atoms with Crippen LogP contribution in [-0.2, 0) is 11.2 Å². The zero-order valence-corrected chi connectivity index (χ0v) is 12.9. The standard InChI is InChI=1S/C16H24N4O/c1-11(2)19-5-7-20(8-6-19)15-9-12-3-4-16(21)18-14(12)10-13(15)17/h9-11H,3-8,17H2,1-2H3,(H,18,21). The molecule has 21 heavy (non-hydrogen) atoms. The van der Waals surface area contributed by atoms with Gasteiger partial charge in [-0.2, -0.15) is 0 Å². The normalized spacial score (nSPS) is 19.6. The van der Waals surface area contributed by atoms with E-state index in [-0.39, 0.29) is 5.91 Å². The molecule has 1 fully saturated rings. The zero-order chi connectivity index (χ0) is 15.0. The van der Waals surface area contributed by atoms with Crippen molar-refractivity contribution >= 4 is 23.0 Å². The van der Waals surface area contributed by atoms with Crippen LogP contribution >= 0.6 is 0 Å². The quantitative estimate of drug-likeness (QED) is 0.813. The van der Waals surface area contributed by atoms with Crippen molar-refractivity contribution in [3.63, 3.8) is 0 Å². The minimum Gasteiger partial charge on any atom is -0.397 e. The highest BCUT2D eigenvalue weighted by atomic mass is 16.1. The Morgan fingerprint density at radius 2 is 1.86 bits per heavy atom. The Bertz CT molecular complexity index is 547. The van der Waals surface area contributed by atoms with Crippen LogP contribution in [0.15, 0.2) is 12.1 Å². The minimum atomic E-state index is 0.0835. The first-order valence-corrected chi connectivity index (χ1v) is 7.76. The summed E-state index contributed by atoms with van der Waals surface area (Å²) < 4.78 is 0. The lowest BCUT2D eigenvalue weighted by atomic mass is 10.0. The molecule has 5 heteroatoms. The molecule has 0 bridgehead atoms. The van der Waals surface area contributed by atoms with Gasteiger partial charge in [0.15, 0.2) is 0 Å². The minimum absolute atomic E-state index is 0.0835. The van der Waals surface area contributed by atoms with Gasteiger partial charge in [-0.3, -0.25) is 9.69 Å². The van der Waals surface area contributed by atoms with Crippen molar-refractivity contribution in [1.29, 1.82) is 0 Å². The maximum atomic E-state index is 11.5. The number of carbonyl (C=O) groups excluding carboxylic acids is 1. The van der Waals surface area contributed by atoms with Gasteiger partial charge < -0.3 is 16.0 Å². The molecule has 0 atom stereocenters. The molecule has 0 radical (unpaired) electrons. The van der Waals surface area contributed by atoms with Crippen molar-refractivity contribution in [2.24, 2.45) is 0 Å². The number of fused-ring (bicyclic) bond motifs is 1. The van der Waals surface area contributed by atoms with E-state index in [0.29, 0.717) is 12.5 Å². The number of amides is 1. The first kappa shape index (κ1) is 14.2. The summed E-state index contributed by atoms with van der Waals surface area (Å²) in [4.78, 5) is 16.3. The number of carbonyl (C=O) groups is 1. The third kappa shape index (κ3) is 2.83. The van der Waals surface area contributed by atoms with Crippen molar-refractivity contribution in [3.8, 4) is 0 Å². The first-order valence-electron chi connectivity index (χ1n) is 7.76. The first-order chi connectivity index (χ1) is 10.0. The van der Waals surface area contributed by atoms with Crippen LogP contribution in [0.25, 0.3) is 0 Å². The molecule has 1 saturated heterocycles. The lowest BCUT2D eigenvalue weighted by Gasteiger charge is -2.39. The topological polar surface area (TPSA) is 61.6 Å². The van der Waals surface area contributed by atoms with E-state index in [2.05, 4.69) is 35.0 Å². The molecule has 1 aromatic rings.